The number of rotatable bonds is 9. The Morgan fingerprint density at radius 2 is 1.78 bits per heavy atom. The Morgan fingerprint density at radius 1 is 1.07 bits per heavy atom. The molecule has 0 saturated carbocycles. The predicted molar refractivity (Wildman–Crippen MR) is 101 cm³/mol. The highest BCUT2D eigenvalue weighted by atomic mass is 16.5. The van der Waals surface area contributed by atoms with E-state index in [2.05, 4.69) is 5.32 Å². The molecule has 27 heavy (non-hydrogen) atoms. The zero-order chi connectivity index (χ0) is 19.8. The largest absolute Gasteiger partial charge is 0.494 e. The topological polar surface area (TPSA) is 94.1 Å². The first-order valence-corrected chi connectivity index (χ1v) is 8.49. The number of carbonyl (C=O) groups excluding carboxylic acids is 1. The van der Waals surface area contributed by atoms with Crippen LogP contribution in [0.4, 0.5) is 5.69 Å². The summed E-state index contributed by atoms with van der Waals surface area (Å²) < 4.78 is 15.8. The van der Waals surface area contributed by atoms with E-state index in [4.69, 9.17) is 14.2 Å². The van der Waals surface area contributed by atoms with Crippen LogP contribution in [0.15, 0.2) is 36.4 Å². The van der Waals surface area contributed by atoms with Crippen molar-refractivity contribution < 1.29 is 28.9 Å². The molecule has 7 heteroatoms. The molecule has 0 saturated heterocycles. The van der Waals surface area contributed by atoms with Gasteiger partial charge in [0.05, 0.1) is 32.1 Å². The average molecular weight is 373 g/mol. The van der Waals surface area contributed by atoms with Gasteiger partial charge in [-0.1, -0.05) is 12.1 Å². The second-order valence-corrected chi connectivity index (χ2v) is 5.69. The fourth-order valence-electron chi connectivity index (χ4n) is 2.57. The summed E-state index contributed by atoms with van der Waals surface area (Å²) in [6.45, 7) is 2.52. The van der Waals surface area contributed by atoms with Crippen molar-refractivity contribution in [2.45, 2.75) is 19.8 Å². The molecule has 7 nitrogen and oxygen atoms in total. The molecule has 0 spiro atoms. The molecule has 1 amide bonds. The Kier molecular flexibility index (Phi) is 7.05. The molecule has 144 valence electrons. The van der Waals surface area contributed by atoms with Crippen LogP contribution in [0.1, 0.15) is 29.3 Å². The predicted octanol–water partition coefficient (Wildman–Crippen LogP) is 3.37. The first-order valence-electron chi connectivity index (χ1n) is 8.49. The summed E-state index contributed by atoms with van der Waals surface area (Å²) in [5.41, 5.74) is 1.25. The quantitative estimate of drug-likeness (QED) is 0.700. The zero-order valence-corrected chi connectivity index (χ0v) is 15.6. The van der Waals surface area contributed by atoms with Crippen molar-refractivity contribution in [2.24, 2.45) is 0 Å². The van der Waals surface area contributed by atoms with Crippen molar-refractivity contribution in [3.8, 4) is 17.2 Å². The maximum atomic E-state index is 12.3. The van der Waals surface area contributed by atoms with Gasteiger partial charge in [0.15, 0.2) is 11.5 Å². The van der Waals surface area contributed by atoms with Gasteiger partial charge in [-0.15, -0.1) is 0 Å². The summed E-state index contributed by atoms with van der Waals surface area (Å²) in [6.07, 6.45) is 0.771. The zero-order valence-electron chi connectivity index (χ0n) is 15.6. The lowest BCUT2D eigenvalue weighted by atomic mass is 10.1. The number of benzene rings is 2. The van der Waals surface area contributed by atoms with Gasteiger partial charge in [-0.05, 0) is 43.2 Å². The van der Waals surface area contributed by atoms with Crippen LogP contribution >= 0.6 is 0 Å². The standard InChI is InChI=1S/C20H23NO6/c1-4-27-15-8-5-13(6-9-15)7-10-18(22)21-16-11-14(20(23)24)12-17(25-2)19(16)26-3/h5-6,8-9,11-12H,4,7,10H2,1-3H3,(H,21,22)(H,23,24). The molecule has 2 N–H and O–H groups in total. The Labute approximate surface area is 157 Å². The summed E-state index contributed by atoms with van der Waals surface area (Å²) in [7, 11) is 2.83. The molecular weight excluding hydrogens is 350 g/mol. The number of methoxy groups -OCH3 is 2. The first-order chi connectivity index (χ1) is 13.0. The van der Waals surface area contributed by atoms with Crippen molar-refractivity contribution in [1.82, 2.24) is 0 Å². The SMILES string of the molecule is CCOc1ccc(CCC(=O)Nc2cc(C(=O)O)cc(OC)c2OC)cc1. The maximum Gasteiger partial charge on any atom is 0.335 e. The number of carboxylic acids is 1. The highest BCUT2D eigenvalue weighted by Crippen LogP contribution is 2.36. The third-order valence-corrected chi connectivity index (χ3v) is 3.88. The Bertz CT molecular complexity index is 801. The van der Waals surface area contributed by atoms with Gasteiger partial charge in [-0.25, -0.2) is 4.79 Å². The lowest BCUT2D eigenvalue weighted by molar-refractivity contribution is -0.116. The van der Waals surface area contributed by atoms with Crippen molar-refractivity contribution in [3.05, 3.63) is 47.5 Å². The van der Waals surface area contributed by atoms with E-state index >= 15 is 0 Å². The second-order valence-electron chi connectivity index (χ2n) is 5.69. The number of nitrogens with one attached hydrogen (secondary N) is 1. The van der Waals surface area contributed by atoms with Gasteiger partial charge < -0.3 is 24.6 Å². The van der Waals surface area contributed by atoms with E-state index in [0.29, 0.717) is 13.0 Å². The number of carboxylic acid groups (broad SMARTS) is 1. The molecule has 0 radical (unpaired) electrons. The highest BCUT2D eigenvalue weighted by molar-refractivity contribution is 5.96. The van der Waals surface area contributed by atoms with E-state index in [1.165, 1.54) is 26.4 Å². The first kappa shape index (κ1) is 20.1. The molecule has 0 bridgehead atoms. The van der Waals surface area contributed by atoms with Crippen LogP contribution in [-0.2, 0) is 11.2 Å². The second kappa shape index (κ2) is 9.47. The van der Waals surface area contributed by atoms with Crippen LogP contribution in [0.5, 0.6) is 17.2 Å². The molecule has 0 atom stereocenters. The van der Waals surface area contributed by atoms with Crippen molar-refractivity contribution in [3.63, 3.8) is 0 Å². The van der Waals surface area contributed by atoms with E-state index in [1.807, 2.05) is 31.2 Å². The van der Waals surface area contributed by atoms with Crippen LogP contribution in [0, 0.1) is 0 Å². The summed E-state index contributed by atoms with van der Waals surface area (Å²) >= 11 is 0. The van der Waals surface area contributed by atoms with Gasteiger partial charge >= 0.3 is 5.97 Å². The Hall–Kier alpha value is -3.22. The monoisotopic (exact) mass is 373 g/mol. The summed E-state index contributed by atoms with van der Waals surface area (Å²) in [5, 5.41) is 11.9. The average Bonchev–Trinajstić information content (AvgIpc) is 2.67. The van der Waals surface area contributed by atoms with Crippen LogP contribution in [-0.4, -0.2) is 37.8 Å². The molecule has 0 aliphatic heterocycles. The lowest BCUT2D eigenvalue weighted by Gasteiger charge is -2.15. The molecule has 0 aromatic heterocycles. The van der Waals surface area contributed by atoms with Crippen molar-refractivity contribution in [2.75, 3.05) is 26.1 Å². The van der Waals surface area contributed by atoms with Gasteiger partial charge in [0, 0.05) is 6.42 Å². The lowest BCUT2D eigenvalue weighted by Crippen LogP contribution is -2.14. The van der Waals surface area contributed by atoms with E-state index in [9.17, 15) is 14.7 Å². The number of hydrogen-bond donors (Lipinski definition) is 2. The third-order valence-electron chi connectivity index (χ3n) is 3.88. The maximum absolute atomic E-state index is 12.3. The summed E-state index contributed by atoms with van der Waals surface area (Å²) in [4.78, 5) is 23.6. The molecule has 2 rings (SSSR count). The smallest absolute Gasteiger partial charge is 0.335 e. The minimum absolute atomic E-state index is 0.00513. The molecule has 0 fully saturated rings. The van der Waals surface area contributed by atoms with Crippen LogP contribution < -0.4 is 19.5 Å². The van der Waals surface area contributed by atoms with Crippen molar-refractivity contribution in [1.29, 1.82) is 0 Å². The van der Waals surface area contributed by atoms with Gasteiger partial charge in [-0.3, -0.25) is 4.79 Å². The van der Waals surface area contributed by atoms with E-state index < -0.39 is 5.97 Å². The molecule has 2 aromatic carbocycles. The Morgan fingerprint density at radius 3 is 2.33 bits per heavy atom. The number of aromatic carboxylic acids is 1. The summed E-state index contributed by atoms with van der Waals surface area (Å²) in [6, 6.07) is 10.2. The van der Waals surface area contributed by atoms with E-state index in [-0.39, 0.29) is 35.1 Å². The number of hydrogen-bond acceptors (Lipinski definition) is 5. The molecule has 0 aliphatic carbocycles. The minimum Gasteiger partial charge on any atom is -0.494 e. The number of amides is 1. The van der Waals surface area contributed by atoms with E-state index in [1.54, 1.807) is 0 Å². The molecule has 0 aliphatic rings. The molecule has 0 unspecified atom stereocenters. The van der Waals surface area contributed by atoms with Gasteiger partial charge in [0.1, 0.15) is 5.75 Å². The van der Waals surface area contributed by atoms with E-state index in [0.717, 1.165) is 11.3 Å². The van der Waals surface area contributed by atoms with Gasteiger partial charge in [-0.2, -0.15) is 0 Å². The highest BCUT2D eigenvalue weighted by Gasteiger charge is 2.17. The number of carbonyl (C=O) groups is 2. The Balaban J connectivity index is 2.08. The number of anilines is 1. The van der Waals surface area contributed by atoms with Crippen LogP contribution in [0.3, 0.4) is 0 Å². The summed E-state index contributed by atoms with van der Waals surface area (Å²) in [5.74, 6) is -0.0863. The van der Waals surface area contributed by atoms with Crippen LogP contribution in [0.25, 0.3) is 0 Å². The number of ether oxygens (including phenoxy) is 3. The normalized spacial score (nSPS) is 10.2. The number of aryl methyl sites for hydroxylation is 1. The minimum atomic E-state index is -1.12. The third kappa shape index (κ3) is 5.37. The molecular formula is C20H23NO6. The van der Waals surface area contributed by atoms with Crippen LogP contribution in [0.2, 0.25) is 0 Å². The van der Waals surface area contributed by atoms with Crippen molar-refractivity contribution >= 4 is 17.6 Å². The molecule has 2 aromatic rings. The van der Waals surface area contributed by atoms with Gasteiger partial charge in [0.25, 0.3) is 0 Å². The fraction of sp³-hybridized carbons (Fsp3) is 0.300. The fourth-order valence-corrected chi connectivity index (χ4v) is 2.57. The van der Waals surface area contributed by atoms with Gasteiger partial charge in [0.2, 0.25) is 5.91 Å². The molecule has 0 heterocycles.